The van der Waals surface area contributed by atoms with Crippen LogP contribution in [0.2, 0.25) is 0 Å². The predicted octanol–water partition coefficient (Wildman–Crippen LogP) is 0.980. The van der Waals surface area contributed by atoms with Crippen LogP contribution < -0.4 is 66.7 Å². The van der Waals surface area contributed by atoms with Crippen LogP contribution in [0.1, 0.15) is 27.7 Å². The summed E-state index contributed by atoms with van der Waals surface area (Å²) >= 11 is 0. The van der Waals surface area contributed by atoms with Crippen molar-refractivity contribution in [2.45, 2.75) is 27.7 Å². The quantitative estimate of drug-likeness (QED) is 0.180. The third-order valence-corrected chi connectivity index (χ3v) is 6.49. The van der Waals surface area contributed by atoms with Crippen molar-refractivity contribution < 1.29 is 66.7 Å². The van der Waals surface area contributed by atoms with Gasteiger partial charge in [0.2, 0.25) is 11.4 Å². The van der Waals surface area contributed by atoms with Gasteiger partial charge in [-0.05, 0) is 36.4 Å². The number of nitrogens with one attached hydrogen (secondary N) is 2. The second-order valence-corrected chi connectivity index (χ2v) is 10.2. The molecule has 8 nitrogen and oxygen atoms in total. The number of para-hydroxylation sites is 8. The van der Waals surface area contributed by atoms with Gasteiger partial charge in [0.1, 0.15) is 11.5 Å². The fourth-order valence-electron chi connectivity index (χ4n) is 4.51. The van der Waals surface area contributed by atoms with Crippen LogP contribution in [0.4, 0.5) is 22.7 Å². The fourth-order valence-corrected chi connectivity index (χ4v) is 4.51. The first-order chi connectivity index (χ1) is 22.3. The summed E-state index contributed by atoms with van der Waals surface area (Å²) in [4.78, 5) is 6.66. The van der Waals surface area contributed by atoms with Crippen LogP contribution in [0.3, 0.4) is 0 Å². The molecule has 0 bridgehead atoms. The van der Waals surface area contributed by atoms with E-state index in [1.165, 1.54) is 0 Å². The maximum absolute atomic E-state index is 5.34. The van der Waals surface area contributed by atoms with Crippen LogP contribution >= 0.6 is 0 Å². The van der Waals surface area contributed by atoms with E-state index in [0.29, 0.717) is 0 Å². The molecule has 0 amide bonds. The van der Waals surface area contributed by atoms with Gasteiger partial charge in [0, 0.05) is 26.0 Å². The van der Waals surface area contributed by atoms with Crippen LogP contribution in [0.15, 0.2) is 121 Å². The van der Waals surface area contributed by atoms with Gasteiger partial charge >= 0.3 is 37.7 Å². The zero-order valence-electron chi connectivity index (χ0n) is 29.9. The number of rotatable bonds is 12. The van der Waals surface area contributed by atoms with Crippen molar-refractivity contribution in [2.75, 3.05) is 28.4 Å². The first-order valence-electron chi connectivity index (χ1n) is 14.8. The number of nitrogens with zero attached hydrogens (tertiary/aromatic N) is 2. The Bertz CT molecular complexity index is 1580. The van der Waals surface area contributed by atoms with Gasteiger partial charge in [0.05, 0.1) is 28.4 Å². The minimum atomic E-state index is 0. The van der Waals surface area contributed by atoms with Crippen LogP contribution in [-0.2, 0) is 0 Å². The van der Waals surface area contributed by atoms with Gasteiger partial charge < -0.3 is 29.6 Å². The van der Waals surface area contributed by atoms with E-state index in [1.807, 2.05) is 137 Å². The molecule has 0 aliphatic carbocycles. The number of hydrogen-bond acceptors (Lipinski definition) is 4. The summed E-state index contributed by atoms with van der Waals surface area (Å²) in [6, 6.07) is 31.0. The molecule has 0 saturated heterocycles. The summed E-state index contributed by atoms with van der Waals surface area (Å²) < 4.78 is 21.3. The van der Waals surface area contributed by atoms with Gasteiger partial charge in [-0.1, -0.05) is 85.9 Å². The zero-order valence-corrected chi connectivity index (χ0v) is 29.9. The number of ether oxygens (including phenoxy) is 4. The molecule has 0 heterocycles. The second kappa shape index (κ2) is 22.3. The molecule has 0 fully saturated rings. The molecule has 0 aliphatic heterocycles. The molecule has 0 aliphatic rings. The van der Waals surface area contributed by atoms with E-state index in [9.17, 15) is 0 Å². The molecule has 4 rings (SSSR count). The minimum Gasteiger partial charge on any atom is -0.658 e. The Balaban J connectivity index is 0.000000461. The first-order valence-corrected chi connectivity index (χ1v) is 14.8. The zero-order chi connectivity index (χ0) is 33.3. The van der Waals surface area contributed by atoms with Crippen molar-refractivity contribution in [3.8, 4) is 23.0 Å². The van der Waals surface area contributed by atoms with Crippen molar-refractivity contribution in [1.82, 2.24) is 0 Å². The van der Waals surface area contributed by atoms with E-state index in [1.54, 1.807) is 28.4 Å². The third-order valence-electron chi connectivity index (χ3n) is 6.49. The largest absolute Gasteiger partial charge is 1.00 e. The van der Waals surface area contributed by atoms with E-state index in [-0.39, 0.29) is 37.7 Å². The predicted molar refractivity (Wildman–Crippen MR) is 188 cm³/mol. The van der Waals surface area contributed by atoms with E-state index in [2.05, 4.69) is 20.6 Å². The molecule has 4 aromatic carbocycles. The number of methoxy groups -OCH3 is 4. The number of hydrogen-bond donors (Lipinski definition) is 2. The molecule has 2 N–H and O–H groups in total. The molecule has 0 spiro atoms. The first kappa shape index (κ1) is 41.7. The normalized spacial score (nSPS) is 11.5. The topological polar surface area (TPSA) is 93.1 Å². The maximum atomic E-state index is 5.34. The van der Waals surface area contributed by atoms with Crippen LogP contribution in [0.25, 0.3) is 10.6 Å². The van der Waals surface area contributed by atoms with Gasteiger partial charge in [-0.25, -0.2) is 9.98 Å². The molecule has 0 saturated carbocycles. The molecular formula is C38H44Li2N4O4+2. The van der Waals surface area contributed by atoms with Crippen molar-refractivity contribution in [3.63, 3.8) is 0 Å². The summed E-state index contributed by atoms with van der Waals surface area (Å²) in [7, 11) is 6.62. The van der Waals surface area contributed by atoms with Gasteiger partial charge in [-0.2, -0.15) is 11.4 Å². The third kappa shape index (κ3) is 13.4. The number of benzene rings is 4. The fraction of sp³-hybridized carbons (Fsp3) is 0.211. The Kier molecular flexibility index (Phi) is 19.4. The molecule has 0 unspecified atom stereocenters. The molecule has 10 heteroatoms. The Morgan fingerprint density at radius 1 is 0.458 bits per heavy atom. The van der Waals surface area contributed by atoms with Crippen molar-refractivity contribution >= 4 is 34.2 Å². The molecular weight excluding hydrogens is 590 g/mol. The Hall–Kier alpha value is -4.31. The average molecular weight is 635 g/mol. The molecule has 0 atom stereocenters. The molecule has 0 aromatic heterocycles. The maximum Gasteiger partial charge on any atom is 1.00 e. The average Bonchev–Trinajstić information content (AvgIpc) is 3.05. The SMILES string of the molecule is COc1ccccc1[N-]/C(C)=C\C(C)=[NH+]c1ccccc1OC.COc1ccccc1[N-]/C(C)=C\C(C)=[NH+]c1ccccc1OC.[Li+].[Li+]. The Labute approximate surface area is 309 Å². The number of allylic oxidation sites excluding steroid dienone is 4. The van der Waals surface area contributed by atoms with Crippen molar-refractivity contribution in [1.29, 1.82) is 0 Å². The van der Waals surface area contributed by atoms with Crippen LogP contribution in [-0.4, -0.2) is 39.9 Å². The summed E-state index contributed by atoms with van der Waals surface area (Å²) in [5.41, 5.74) is 7.20. The van der Waals surface area contributed by atoms with Crippen molar-refractivity contribution in [2.24, 2.45) is 0 Å². The van der Waals surface area contributed by atoms with Gasteiger partial charge in [-0.15, -0.1) is 0 Å². The van der Waals surface area contributed by atoms with Gasteiger partial charge in [0.15, 0.2) is 22.9 Å². The molecule has 48 heavy (non-hydrogen) atoms. The summed E-state index contributed by atoms with van der Waals surface area (Å²) in [6.45, 7) is 7.90. The summed E-state index contributed by atoms with van der Waals surface area (Å²) in [5, 5.41) is 9.20. The standard InChI is InChI=1S/2C19H21N2O2.2Li/c2*1-14(20-16-9-5-7-11-18(16)22-3)13-15(2)21-17-10-6-8-12-19(17)23-4;;/h2*5-13H,1-4H3;;/q2*-1;2*+1/p+2/b2*14-13-,21-15?;;. The van der Waals surface area contributed by atoms with Crippen LogP contribution in [0, 0.1) is 0 Å². The van der Waals surface area contributed by atoms with E-state index in [4.69, 9.17) is 18.9 Å². The molecule has 4 aromatic rings. The second-order valence-electron chi connectivity index (χ2n) is 10.2. The summed E-state index contributed by atoms with van der Waals surface area (Å²) in [6.07, 6.45) is 3.97. The molecule has 0 radical (unpaired) electrons. The summed E-state index contributed by atoms with van der Waals surface area (Å²) in [5.74, 6) is 3.13. The molecule has 240 valence electrons. The van der Waals surface area contributed by atoms with Gasteiger partial charge in [0.25, 0.3) is 0 Å². The monoisotopic (exact) mass is 634 g/mol. The Morgan fingerprint density at radius 3 is 1.08 bits per heavy atom. The van der Waals surface area contributed by atoms with Crippen molar-refractivity contribution in [3.05, 3.63) is 131 Å². The van der Waals surface area contributed by atoms with E-state index in [0.717, 1.165) is 68.6 Å². The van der Waals surface area contributed by atoms with E-state index < -0.39 is 0 Å². The van der Waals surface area contributed by atoms with Crippen LogP contribution in [0.5, 0.6) is 23.0 Å². The van der Waals surface area contributed by atoms with Gasteiger partial charge in [-0.3, -0.25) is 0 Å². The minimum absolute atomic E-state index is 0. The van der Waals surface area contributed by atoms with E-state index >= 15 is 0 Å². The smallest absolute Gasteiger partial charge is 0.658 e. The Morgan fingerprint density at radius 2 is 0.750 bits per heavy atom.